The van der Waals surface area contributed by atoms with Crippen LogP contribution in [0.1, 0.15) is 37.7 Å². The van der Waals surface area contributed by atoms with Crippen LogP contribution in [-0.2, 0) is 25.6 Å². The van der Waals surface area contributed by atoms with Gasteiger partial charge in [0.1, 0.15) is 23.9 Å². The molecule has 16 nitrogen and oxygen atoms in total. The quantitative estimate of drug-likeness (QED) is 0.0415. The molecule has 1 aromatic carbocycles. The number of phenolic OH excluding ortho intramolecular Hbond substituents is 1. The molecule has 1 rings (SSSR count). The van der Waals surface area contributed by atoms with E-state index in [0.29, 0.717) is 24.2 Å². The fourth-order valence-electron chi connectivity index (χ4n) is 3.84. The number of nitrogens with two attached hydrogens (primary N) is 5. The third-order valence-corrected chi connectivity index (χ3v) is 6.75. The van der Waals surface area contributed by atoms with E-state index in [-0.39, 0.29) is 56.4 Å². The van der Waals surface area contributed by atoms with Crippen molar-refractivity contribution in [2.75, 3.05) is 25.1 Å². The summed E-state index contributed by atoms with van der Waals surface area (Å²) < 4.78 is 0. The van der Waals surface area contributed by atoms with Crippen LogP contribution in [0, 0.1) is 0 Å². The molecule has 3 amide bonds. The number of hydrogen-bond acceptors (Lipinski definition) is 9. The van der Waals surface area contributed by atoms with E-state index in [1.807, 2.05) is 6.26 Å². The van der Waals surface area contributed by atoms with Gasteiger partial charge in [0.2, 0.25) is 17.7 Å². The molecule has 43 heavy (non-hydrogen) atoms. The molecule has 0 fully saturated rings. The predicted molar refractivity (Wildman–Crippen MR) is 166 cm³/mol. The number of aromatic hydroxyl groups is 1. The smallest absolute Gasteiger partial charge is 0.326 e. The van der Waals surface area contributed by atoms with Gasteiger partial charge in [0.25, 0.3) is 0 Å². The maximum absolute atomic E-state index is 13.4. The van der Waals surface area contributed by atoms with Crippen LogP contribution in [0.3, 0.4) is 0 Å². The molecule has 4 atom stereocenters. The summed E-state index contributed by atoms with van der Waals surface area (Å²) in [6.45, 7) is 0.378. The van der Waals surface area contributed by atoms with Crippen molar-refractivity contribution in [2.45, 2.75) is 62.7 Å². The molecule has 0 radical (unpaired) electrons. The lowest BCUT2D eigenvalue weighted by molar-refractivity contribution is -0.142. The van der Waals surface area contributed by atoms with Gasteiger partial charge >= 0.3 is 5.97 Å². The Morgan fingerprint density at radius 2 is 1.26 bits per heavy atom. The van der Waals surface area contributed by atoms with Gasteiger partial charge in [0.05, 0.1) is 6.04 Å². The van der Waals surface area contributed by atoms with Crippen molar-refractivity contribution in [3.8, 4) is 5.75 Å². The van der Waals surface area contributed by atoms with Crippen molar-refractivity contribution < 1.29 is 29.4 Å². The van der Waals surface area contributed by atoms with Crippen LogP contribution in [0.2, 0.25) is 0 Å². The molecule has 240 valence electrons. The molecule has 0 aliphatic heterocycles. The Kier molecular flexibility index (Phi) is 16.9. The summed E-state index contributed by atoms with van der Waals surface area (Å²) in [4.78, 5) is 58.9. The van der Waals surface area contributed by atoms with Crippen LogP contribution in [0.4, 0.5) is 0 Å². The first-order valence-electron chi connectivity index (χ1n) is 13.6. The van der Waals surface area contributed by atoms with E-state index in [9.17, 15) is 29.4 Å². The number of guanidine groups is 2. The molecule has 0 bridgehead atoms. The fourth-order valence-corrected chi connectivity index (χ4v) is 4.31. The molecule has 15 N–H and O–H groups in total. The first-order chi connectivity index (χ1) is 20.3. The van der Waals surface area contributed by atoms with Crippen molar-refractivity contribution in [1.82, 2.24) is 16.0 Å². The number of nitrogens with one attached hydrogen (secondary N) is 3. The Hall–Kier alpha value is -4.25. The first-order valence-corrected chi connectivity index (χ1v) is 15.0. The predicted octanol–water partition coefficient (Wildman–Crippen LogP) is -2.34. The number of aliphatic carboxylic acids is 1. The van der Waals surface area contributed by atoms with Crippen molar-refractivity contribution in [3.63, 3.8) is 0 Å². The number of amides is 3. The molecule has 0 aromatic heterocycles. The topological polar surface area (TPSA) is 300 Å². The lowest BCUT2D eigenvalue weighted by Crippen LogP contribution is -2.57. The van der Waals surface area contributed by atoms with Crippen molar-refractivity contribution >= 4 is 47.4 Å². The average molecular weight is 625 g/mol. The van der Waals surface area contributed by atoms with Crippen LogP contribution in [-0.4, -0.2) is 95.1 Å². The van der Waals surface area contributed by atoms with Gasteiger partial charge in [-0.1, -0.05) is 12.1 Å². The Balaban J connectivity index is 3.01. The number of benzene rings is 1. The molecular weight excluding hydrogens is 580 g/mol. The van der Waals surface area contributed by atoms with Gasteiger partial charge in [-0.15, -0.1) is 0 Å². The highest BCUT2D eigenvalue weighted by molar-refractivity contribution is 7.98. The molecule has 0 saturated heterocycles. The summed E-state index contributed by atoms with van der Waals surface area (Å²) in [5, 5.41) is 26.8. The maximum atomic E-state index is 13.4. The lowest BCUT2D eigenvalue weighted by Gasteiger charge is -2.25. The minimum absolute atomic E-state index is 0.0590. The van der Waals surface area contributed by atoms with Crippen molar-refractivity contribution in [2.24, 2.45) is 38.7 Å². The number of carbonyl (C=O) groups excluding carboxylic acids is 3. The van der Waals surface area contributed by atoms with Gasteiger partial charge in [-0.2, -0.15) is 11.8 Å². The van der Waals surface area contributed by atoms with Gasteiger partial charge in [0.15, 0.2) is 11.9 Å². The zero-order chi connectivity index (χ0) is 32.4. The van der Waals surface area contributed by atoms with Crippen molar-refractivity contribution in [1.29, 1.82) is 0 Å². The summed E-state index contributed by atoms with van der Waals surface area (Å²) in [5.74, 6) is -2.90. The standard InChI is InChI=1S/C26H44N10O6S/c1-43-13-10-19(23(40)36-20(24(41)42)5-3-12-33-26(30)31)35-22(39)18(4-2-11-32-25(28)29)34-21(38)17(27)14-15-6-8-16(37)9-7-15/h6-9,17-20,37H,2-5,10-14,27H2,1H3,(H,34,38)(H,35,39)(H,36,40)(H,41,42)(H4,28,29,32)(H4,30,31,33). The summed E-state index contributed by atoms with van der Waals surface area (Å²) in [6.07, 6.45) is 2.97. The lowest BCUT2D eigenvalue weighted by atomic mass is 10.0. The Morgan fingerprint density at radius 3 is 1.74 bits per heavy atom. The van der Waals surface area contributed by atoms with Crippen LogP contribution in [0.15, 0.2) is 34.3 Å². The zero-order valence-corrected chi connectivity index (χ0v) is 25.0. The van der Waals surface area contributed by atoms with Gasteiger partial charge in [-0.05, 0) is 68.2 Å². The fraction of sp³-hybridized carbons (Fsp3) is 0.538. The number of nitrogens with zero attached hydrogens (tertiary/aromatic N) is 2. The van der Waals surface area contributed by atoms with E-state index in [0.717, 1.165) is 0 Å². The van der Waals surface area contributed by atoms with Gasteiger partial charge in [0, 0.05) is 13.1 Å². The molecular formula is C26H44N10O6S. The molecule has 0 aliphatic rings. The maximum Gasteiger partial charge on any atom is 0.326 e. The second-order valence-electron chi connectivity index (χ2n) is 9.68. The minimum atomic E-state index is -1.25. The third-order valence-electron chi connectivity index (χ3n) is 6.11. The van der Waals surface area contributed by atoms with Crippen LogP contribution >= 0.6 is 11.8 Å². The number of carboxylic acids is 1. The zero-order valence-electron chi connectivity index (χ0n) is 24.2. The van der Waals surface area contributed by atoms with Crippen LogP contribution in [0.5, 0.6) is 5.75 Å². The Labute approximate surface area is 254 Å². The number of carboxylic acid groups (broad SMARTS) is 1. The van der Waals surface area contributed by atoms with Crippen LogP contribution in [0.25, 0.3) is 0 Å². The minimum Gasteiger partial charge on any atom is -0.508 e. The molecule has 4 unspecified atom stereocenters. The van der Waals surface area contributed by atoms with E-state index in [1.165, 1.54) is 23.9 Å². The number of rotatable bonds is 20. The molecule has 0 spiro atoms. The summed E-state index contributed by atoms with van der Waals surface area (Å²) >= 11 is 1.44. The van der Waals surface area contributed by atoms with E-state index in [1.54, 1.807) is 12.1 Å². The molecule has 1 aromatic rings. The molecule has 0 heterocycles. The highest BCUT2D eigenvalue weighted by Gasteiger charge is 2.30. The Bertz CT molecular complexity index is 1110. The summed E-state index contributed by atoms with van der Waals surface area (Å²) in [6, 6.07) is 1.78. The van der Waals surface area contributed by atoms with Gasteiger partial charge in [-0.3, -0.25) is 24.4 Å². The summed E-state index contributed by atoms with van der Waals surface area (Å²) in [5.41, 5.74) is 28.1. The van der Waals surface area contributed by atoms with Crippen LogP contribution < -0.4 is 44.6 Å². The van der Waals surface area contributed by atoms with Gasteiger partial charge < -0.3 is 54.8 Å². The SMILES string of the molecule is CSCCC(NC(=O)C(CCCN=C(N)N)NC(=O)C(N)Cc1ccc(O)cc1)C(=O)NC(CCCN=C(N)N)C(=O)O. The number of phenols is 1. The van der Waals surface area contributed by atoms with Crippen molar-refractivity contribution in [3.05, 3.63) is 29.8 Å². The Morgan fingerprint density at radius 1 is 0.791 bits per heavy atom. The molecule has 0 saturated carbocycles. The number of carbonyl (C=O) groups is 4. The largest absolute Gasteiger partial charge is 0.508 e. The number of hydrogen-bond donors (Lipinski definition) is 10. The highest BCUT2D eigenvalue weighted by Crippen LogP contribution is 2.11. The second-order valence-corrected chi connectivity index (χ2v) is 10.7. The summed E-state index contributed by atoms with van der Waals surface area (Å²) in [7, 11) is 0. The van der Waals surface area contributed by atoms with E-state index in [4.69, 9.17) is 28.7 Å². The second kappa shape index (κ2) is 19.8. The average Bonchev–Trinajstić information content (AvgIpc) is 2.94. The number of aliphatic imine (C=N–C) groups is 2. The highest BCUT2D eigenvalue weighted by atomic mass is 32.2. The van der Waals surface area contributed by atoms with E-state index < -0.39 is 47.9 Å². The molecule has 17 heteroatoms. The van der Waals surface area contributed by atoms with E-state index in [2.05, 4.69) is 25.9 Å². The van der Waals surface area contributed by atoms with E-state index >= 15 is 0 Å². The van der Waals surface area contributed by atoms with Gasteiger partial charge in [-0.25, -0.2) is 4.79 Å². The first kappa shape index (κ1) is 36.8. The molecule has 0 aliphatic carbocycles. The third kappa shape index (κ3) is 15.5. The normalized spacial score (nSPS) is 13.4. The number of thioether (sulfide) groups is 1. The monoisotopic (exact) mass is 624 g/mol.